The van der Waals surface area contributed by atoms with E-state index in [1.165, 1.54) is 6.42 Å². The predicted octanol–water partition coefficient (Wildman–Crippen LogP) is 4.11. The maximum absolute atomic E-state index is 6.01. The van der Waals surface area contributed by atoms with E-state index in [0.717, 1.165) is 50.4 Å². The lowest BCUT2D eigenvalue weighted by Gasteiger charge is -2.34. The topological polar surface area (TPSA) is 71.5 Å². The summed E-state index contributed by atoms with van der Waals surface area (Å²) in [6, 6.07) is 12.0. The van der Waals surface area contributed by atoms with Crippen molar-refractivity contribution in [3.05, 3.63) is 36.4 Å². The van der Waals surface area contributed by atoms with Crippen LogP contribution in [-0.2, 0) is 4.74 Å². The van der Waals surface area contributed by atoms with E-state index in [9.17, 15) is 0 Å². The van der Waals surface area contributed by atoms with Gasteiger partial charge in [-0.25, -0.2) is 0 Å². The molecule has 0 saturated carbocycles. The molecule has 0 aliphatic carbocycles. The van der Waals surface area contributed by atoms with Gasteiger partial charge >= 0.3 is 0 Å². The van der Waals surface area contributed by atoms with Crippen LogP contribution in [0.1, 0.15) is 39.0 Å². The molecule has 30 heavy (non-hydrogen) atoms. The highest BCUT2D eigenvalue weighted by Crippen LogP contribution is 2.28. The fraction of sp³-hybridized carbons (Fsp3) is 0.500. The molecule has 2 atom stereocenters. The van der Waals surface area contributed by atoms with Gasteiger partial charge in [0.25, 0.3) is 0 Å². The van der Waals surface area contributed by atoms with Crippen LogP contribution in [0.4, 0.5) is 11.8 Å². The smallest absolute Gasteiger partial charge is 0.234 e. The Morgan fingerprint density at radius 3 is 2.83 bits per heavy atom. The molecule has 2 aliphatic rings. The SMILES string of the molecule is C[C@@H]1CCCCN1c1cc(Oc2ccccc2)nc(NC(=S)NC[C@@H]2CCCO2)n1. The molecule has 8 heteroatoms. The van der Waals surface area contributed by atoms with Crippen LogP contribution in [0, 0.1) is 0 Å². The predicted molar refractivity (Wildman–Crippen MR) is 122 cm³/mol. The zero-order chi connectivity index (χ0) is 20.8. The number of nitrogens with one attached hydrogen (secondary N) is 2. The Morgan fingerprint density at radius 1 is 1.20 bits per heavy atom. The Morgan fingerprint density at radius 2 is 2.07 bits per heavy atom. The van der Waals surface area contributed by atoms with Crippen molar-refractivity contribution in [2.45, 2.75) is 51.2 Å². The lowest BCUT2D eigenvalue weighted by atomic mass is 10.0. The van der Waals surface area contributed by atoms with Crippen LogP contribution in [0.2, 0.25) is 0 Å². The van der Waals surface area contributed by atoms with Crippen LogP contribution < -0.4 is 20.3 Å². The summed E-state index contributed by atoms with van der Waals surface area (Å²) in [4.78, 5) is 11.6. The molecule has 0 unspecified atom stereocenters. The van der Waals surface area contributed by atoms with Crippen molar-refractivity contribution in [1.29, 1.82) is 0 Å². The van der Waals surface area contributed by atoms with Crippen LogP contribution in [0.25, 0.3) is 0 Å². The van der Waals surface area contributed by atoms with Gasteiger partial charge in [-0.2, -0.15) is 9.97 Å². The minimum absolute atomic E-state index is 0.211. The molecule has 3 heterocycles. The summed E-state index contributed by atoms with van der Waals surface area (Å²) < 4.78 is 11.6. The molecule has 0 spiro atoms. The van der Waals surface area contributed by atoms with Gasteiger partial charge in [-0.05, 0) is 63.4 Å². The summed E-state index contributed by atoms with van der Waals surface area (Å²) in [6.07, 6.45) is 5.94. The molecule has 2 saturated heterocycles. The molecule has 2 N–H and O–H groups in total. The first-order chi connectivity index (χ1) is 14.7. The summed E-state index contributed by atoms with van der Waals surface area (Å²) in [5, 5.41) is 6.82. The summed E-state index contributed by atoms with van der Waals surface area (Å²) in [5.74, 6) is 2.51. The Kier molecular flexibility index (Phi) is 6.96. The van der Waals surface area contributed by atoms with Gasteiger partial charge in [-0.3, -0.25) is 0 Å². The molecule has 4 rings (SSSR count). The summed E-state index contributed by atoms with van der Waals surface area (Å²) >= 11 is 5.45. The Hall–Kier alpha value is -2.45. The number of hydrogen-bond donors (Lipinski definition) is 2. The summed E-state index contributed by atoms with van der Waals surface area (Å²) in [7, 11) is 0. The fourth-order valence-electron chi connectivity index (χ4n) is 3.87. The number of hydrogen-bond acceptors (Lipinski definition) is 6. The Balaban J connectivity index is 1.50. The number of nitrogens with zero attached hydrogens (tertiary/aromatic N) is 3. The maximum atomic E-state index is 6.01. The second kappa shape index (κ2) is 10.0. The monoisotopic (exact) mass is 427 g/mol. The lowest BCUT2D eigenvalue weighted by Crippen LogP contribution is -2.38. The Bertz CT molecular complexity index is 845. The first-order valence-electron chi connectivity index (χ1n) is 10.7. The van der Waals surface area contributed by atoms with Gasteiger partial charge in [0.1, 0.15) is 11.6 Å². The number of piperidine rings is 1. The minimum Gasteiger partial charge on any atom is -0.439 e. The van der Waals surface area contributed by atoms with Crippen LogP contribution in [-0.4, -0.2) is 46.9 Å². The van der Waals surface area contributed by atoms with Crippen molar-refractivity contribution in [2.24, 2.45) is 0 Å². The molecule has 160 valence electrons. The van der Waals surface area contributed by atoms with Crippen molar-refractivity contribution < 1.29 is 9.47 Å². The average Bonchev–Trinajstić information content (AvgIpc) is 3.27. The molecular formula is C22H29N5O2S. The molecule has 2 fully saturated rings. The molecule has 7 nitrogen and oxygen atoms in total. The summed E-state index contributed by atoms with van der Waals surface area (Å²) in [5.41, 5.74) is 0. The van der Waals surface area contributed by atoms with E-state index in [0.29, 0.717) is 29.5 Å². The van der Waals surface area contributed by atoms with Gasteiger partial charge in [0, 0.05) is 31.8 Å². The van der Waals surface area contributed by atoms with Crippen molar-refractivity contribution in [3.8, 4) is 11.6 Å². The third-order valence-corrected chi connectivity index (χ3v) is 5.74. The Labute approximate surface area is 183 Å². The number of aromatic nitrogens is 2. The van der Waals surface area contributed by atoms with Crippen LogP contribution in [0.3, 0.4) is 0 Å². The molecule has 0 bridgehead atoms. The minimum atomic E-state index is 0.211. The van der Waals surface area contributed by atoms with Gasteiger partial charge < -0.3 is 25.0 Å². The largest absolute Gasteiger partial charge is 0.439 e. The van der Waals surface area contributed by atoms with Crippen molar-refractivity contribution in [1.82, 2.24) is 15.3 Å². The number of para-hydroxylation sites is 1. The third-order valence-electron chi connectivity index (χ3n) is 5.49. The van der Waals surface area contributed by atoms with Gasteiger partial charge in [-0.1, -0.05) is 18.2 Å². The molecule has 1 aromatic carbocycles. The maximum Gasteiger partial charge on any atom is 0.234 e. The zero-order valence-electron chi connectivity index (χ0n) is 17.3. The van der Waals surface area contributed by atoms with Crippen LogP contribution >= 0.6 is 12.2 Å². The third kappa shape index (κ3) is 5.58. The normalized spacial score (nSPS) is 21.3. The van der Waals surface area contributed by atoms with Gasteiger partial charge in [0.2, 0.25) is 11.8 Å². The van der Waals surface area contributed by atoms with Crippen molar-refractivity contribution in [2.75, 3.05) is 29.9 Å². The number of ether oxygens (including phenoxy) is 2. The molecule has 0 amide bonds. The van der Waals surface area contributed by atoms with Crippen LogP contribution in [0.15, 0.2) is 36.4 Å². The second-order valence-corrected chi connectivity index (χ2v) is 8.22. The molecule has 0 radical (unpaired) electrons. The quantitative estimate of drug-likeness (QED) is 0.668. The highest BCUT2D eigenvalue weighted by atomic mass is 32.1. The van der Waals surface area contributed by atoms with Gasteiger partial charge in [-0.15, -0.1) is 0 Å². The van der Waals surface area contributed by atoms with Gasteiger partial charge in [0.05, 0.1) is 6.10 Å². The fourth-order valence-corrected chi connectivity index (χ4v) is 4.05. The van der Waals surface area contributed by atoms with E-state index in [2.05, 4.69) is 27.4 Å². The first kappa shape index (κ1) is 20.8. The van der Waals surface area contributed by atoms with E-state index in [-0.39, 0.29) is 6.10 Å². The van der Waals surface area contributed by atoms with E-state index in [4.69, 9.17) is 26.7 Å². The van der Waals surface area contributed by atoms with Crippen LogP contribution in [0.5, 0.6) is 11.6 Å². The average molecular weight is 428 g/mol. The summed E-state index contributed by atoms with van der Waals surface area (Å²) in [6.45, 7) is 4.72. The molecule has 1 aromatic heterocycles. The number of rotatable bonds is 6. The van der Waals surface area contributed by atoms with E-state index in [1.807, 2.05) is 36.4 Å². The molecule has 2 aromatic rings. The number of anilines is 2. The molecular weight excluding hydrogens is 398 g/mol. The highest BCUT2D eigenvalue weighted by molar-refractivity contribution is 7.80. The molecule has 2 aliphatic heterocycles. The second-order valence-electron chi connectivity index (χ2n) is 7.81. The first-order valence-corrected chi connectivity index (χ1v) is 11.1. The van der Waals surface area contributed by atoms with Gasteiger partial charge in [0.15, 0.2) is 5.11 Å². The highest BCUT2D eigenvalue weighted by Gasteiger charge is 2.22. The van der Waals surface area contributed by atoms with Crippen molar-refractivity contribution >= 4 is 29.1 Å². The standard InChI is InChI=1S/C22H29N5O2S/c1-16-8-5-6-12-27(16)19-14-20(29-17-9-3-2-4-10-17)25-21(24-19)26-22(30)23-15-18-11-7-13-28-18/h2-4,9-10,14,16,18H,5-8,11-13,15H2,1H3,(H2,23,24,25,26,30)/t16-,18+/m1/s1. The lowest BCUT2D eigenvalue weighted by molar-refractivity contribution is 0.114. The van der Waals surface area contributed by atoms with E-state index < -0.39 is 0 Å². The zero-order valence-corrected chi connectivity index (χ0v) is 18.2. The van der Waals surface area contributed by atoms with Crippen molar-refractivity contribution in [3.63, 3.8) is 0 Å². The van der Waals surface area contributed by atoms with E-state index >= 15 is 0 Å². The number of benzene rings is 1. The van der Waals surface area contributed by atoms with E-state index in [1.54, 1.807) is 0 Å². The number of thiocarbonyl (C=S) groups is 1.